The van der Waals surface area contributed by atoms with Gasteiger partial charge in [-0.2, -0.15) is 16.8 Å². The molecule has 0 atom stereocenters. The van der Waals surface area contributed by atoms with Gasteiger partial charge < -0.3 is 5.11 Å². The number of phenolic OH excluding ortho intramolecular Hbond substituents is 1. The Morgan fingerprint density at radius 2 is 1.50 bits per heavy atom. The molecule has 15 nitrogen and oxygen atoms in total. The van der Waals surface area contributed by atoms with Crippen LogP contribution in [0.4, 0.5) is 17.1 Å². The highest BCUT2D eigenvalue weighted by atomic mass is 32.3. The predicted molar refractivity (Wildman–Crippen MR) is 122 cm³/mol. The van der Waals surface area contributed by atoms with Gasteiger partial charge in [0, 0.05) is 16.8 Å². The lowest BCUT2D eigenvalue weighted by molar-refractivity contribution is -0.384. The number of fused-ring (bicyclic) bond motifs is 1. The van der Waals surface area contributed by atoms with Crippen molar-refractivity contribution in [2.75, 3.05) is 12.4 Å². The molecule has 0 fully saturated rings. The maximum absolute atomic E-state index is 12.3. The van der Waals surface area contributed by atoms with Crippen LogP contribution in [0, 0.1) is 10.1 Å². The molecule has 3 aromatic carbocycles. The van der Waals surface area contributed by atoms with E-state index in [-0.39, 0.29) is 10.8 Å². The smallest absolute Gasteiger partial charge is 0.397 e. The van der Waals surface area contributed by atoms with Crippen LogP contribution in [0.15, 0.2) is 68.6 Å². The SMILES string of the molecule is O=[N+]([O-])c1cc(S(=O)(=O)CCOS(=O)(=O)O)ccc1N=Nc1cc(S(=O)(=O)O)c2ccccc2c1O. The summed E-state index contributed by atoms with van der Waals surface area (Å²) < 4.78 is 91.4. The standard InChI is InChI=1S/C18H15N3O12S3/c22-18-13-4-2-1-3-12(13)17(35(27,28)29)10-15(18)20-19-14-6-5-11(9-16(14)21(23)24)34(25,26)8-7-33-36(30,31)32/h1-6,9-10,22H,7-8H2,(H,27,28,29)(H,30,31,32). The number of rotatable bonds is 9. The Morgan fingerprint density at radius 3 is 2.08 bits per heavy atom. The molecule has 0 spiro atoms. The minimum absolute atomic E-state index is 0.00960. The number of azo groups is 1. The average Bonchev–Trinajstić information content (AvgIpc) is 2.76. The Morgan fingerprint density at radius 1 is 0.889 bits per heavy atom. The molecule has 0 heterocycles. The van der Waals surface area contributed by atoms with Crippen LogP contribution in [0.3, 0.4) is 0 Å². The molecule has 0 aliphatic carbocycles. The highest BCUT2D eigenvalue weighted by Crippen LogP contribution is 2.40. The number of hydrogen-bond donors (Lipinski definition) is 3. The summed E-state index contributed by atoms with van der Waals surface area (Å²) >= 11 is 0. The molecule has 3 aromatic rings. The van der Waals surface area contributed by atoms with Gasteiger partial charge in [-0.3, -0.25) is 19.2 Å². The highest BCUT2D eigenvalue weighted by Gasteiger charge is 2.23. The van der Waals surface area contributed by atoms with Crippen molar-refractivity contribution in [3.63, 3.8) is 0 Å². The summed E-state index contributed by atoms with van der Waals surface area (Å²) in [5.41, 5.74) is -1.78. The molecule has 0 unspecified atom stereocenters. The Balaban J connectivity index is 2.04. The van der Waals surface area contributed by atoms with Crippen molar-refractivity contribution in [3.8, 4) is 5.75 Å². The molecule has 0 aromatic heterocycles. The highest BCUT2D eigenvalue weighted by molar-refractivity contribution is 7.91. The second-order valence-electron chi connectivity index (χ2n) is 6.94. The van der Waals surface area contributed by atoms with E-state index in [1.54, 1.807) is 0 Å². The summed E-state index contributed by atoms with van der Waals surface area (Å²) in [6.45, 7) is -0.951. The van der Waals surface area contributed by atoms with Gasteiger partial charge in [-0.25, -0.2) is 12.6 Å². The Hall–Kier alpha value is -3.55. The number of benzene rings is 3. The molecular weight excluding hydrogens is 546 g/mol. The largest absolute Gasteiger partial charge is 0.505 e. The van der Waals surface area contributed by atoms with Crippen molar-refractivity contribution in [2.24, 2.45) is 10.2 Å². The number of phenols is 1. The third kappa shape index (κ3) is 6.17. The van der Waals surface area contributed by atoms with Gasteiger partial charge in [0.15, 0.2) is 21.3 Å². The molecule has 0 bridgehead atoms. The quantitative estimate of drug-likeness (QED) is 0.148. The Labute approximate surface area is 203 Å². The zero-order valence-corrected chi connectivity index (χ0v) is 20.1. The van der Waals surface area contributed by atoms with Crippen LogP contribution < -0.4 is 0 Å². The van der Waals surface area contributed by atoms with Crippen molar-refractivity contribution in [3.05, 3.63) is 58.6 Å². The van der Waals surface area contributed by atoms with Crippen LogP contribution in [0.5, 0.6) is 5.75 Å². The third-order valence-electron chi connectivity index (χ3n) is 4.59. The normalized spacial score (nSPS) is 12.8. The van der Waals surface area contributed by atoms with Crippen LogP contribution >= 0.6 is 0 Å². The van der Waals surface area contributed by atoms with Crippen molar-refractivity contribution in [1.82, 2.24) is 0 Å². The number of nitro groups is 1. The molecule has 192 valence electrons. The lowest BCUT2D eigenvalue weighted by Crippen LogP contribution is -2.15. The Bertz CT molecular complexity index is 1720. The van der Waals surface area contributed by atoms with Crippen molar-refractivity contribution in [2.45, 2.75) is 9.79 Å². The number of nitrogens with zero attached hydrogens (tertiary/aromatic N) is 3. The Kier molecular flexibility index (Phi) is 7.39. The molecule has 36 heavy (non-hydrogen) atoms. The minimum Gasteiger partial charge on any atom is -0.505 e. The number of sulfone groups is 1. The fourth-order valence-corrected chi connectivity index (χ4v) is 5.23. The molecule has 0 radical (unpaired) electrons. The first kappa shape index (κ1) is 27.0. The van der Waals surface area contributed by atoms with Crippen LogP contribution in [-0.4, -0.2) is 56.7 Å². The van der Waals surface area contributed by atoms with Crippen LogP contribution in [0.1, 0.15) is 0 Å². The van der Waals surface area contributed by atoms with E-state index in [0.29, 0.717) is 6.07 Å². The molecule has 0 aliphatic heterocycles. The molecule has 3 N–H and O–H groups in total. The third-order valence-corrected chi connectivity index (χ3v) is 7.62. The summed E-state index contributed by atoms with van der Waals surface area (Å²) in [7, 11) is -13.9. The zero-order valence-electron chi connectivity index (χ0n) is 17.6. The van der Waals surface area contributed by atoms with Gasteiger partial charge in [0.1, 0.15) is 10.6 Å². The van der Waals surface area contributed by atoms with E-state index in [9.17, 15) is 45.0 Å². The van der Waals surface area contributed by atoms with Crippen LogP contribution in [0.2, 0.25) is 0 Å². The predicted octanol–water partition coefficient (Wildman–Crippen LogP) is 2.71. The first-order chi connectivity index (χ1) is 16.6. The number of hydrogen-bond acceptors (Lipinski definition) is 12. The lowest BCUT2D eigenvalue weighted by atomic mass is 10.1. The van der Waals surface area contributed by atoms with E-state index in [4.69, 9.17) is 4.55 Å². The van der Waals surface area contributed by atoms with Gasteiger partial charge in [-0.15, -0.1) is 10.2 Å². The summed E-state index contributed by atoms with van der Waals surface area (Å²) in [4.78, 5) is 9.32. The van der Waals surface area contributed by atoms with E-state index in [2.05, 4.69) is 14.4 Å². The second kappa shape index (κ2) is 9.84. The fraction of sp³-hybridized carbons (Fsp3) is 0.111. The zero-order chi connectivity index (χ0) is 26.9. The van der Waals surface area contributed by atoms with Gasteiger partial charge in [-0.05, 0) is 18.2 Å². The molecule has 0 aliphatic rings. The maximum Gasteiger partial charge on any atom is 0.397 e. The lowest BCUT2D eigenvalue weighted by Gasteiger charge is -2.08. The summed E-state index contributed by atoms with van der Waals surface area (Å²) in [6, 6.07) is 8.84. The fourth-order valence-electron chi connectivity index (χ4n) is 3.00. The summed E-state index contributed by atoms with van der Waals surface area (Å²) in [6.07, 6.45) is 0. The van der Waals surface area contributed by atoms with E-state index in [1.165, 1.54) is 24.3 Å². The minimum atomic E-state index is -4.89. The van der Waals surface area contributed by atoms with Gasteiger partial charge in [0.2, 0.25) is 0 Å². The van der Waals surface area contributed by atoms with Crippen molar-refractivity contribution < 1.29 is 48.6 Å². The average molecular weight is 562 g/mol. The first-order valence-electron chi connectivity index (χ1n) is 9.37. The molecule has 3 rings (SSSR count). The van der Waals surface area contributed by atoms with Crippen molar-refractivity contribution in [1.29, 1.82) is 0 Å². The van der Waals surface area contributed by atoms with Crippen LogP contribution in [0.25, 0.3) is 10.8 Å². The van der Waals surface area contributed by atoms with E-state index in [1.807, 2.05) is 0 Å². The molecule has 0 saturated heterocycles. The van der Waals surface area contributed by atoms with E-state index < -0.39 is 80.2 Å². The first-order valence-corrected chi connectivity index (χ1v) is 13.8. The topological polar surface area (TPSA) is 240 Å². The molecule has 0 saturated carbocycles. The summed E-state index contributed by atoms with van der Waals surface area (Å²) in [5, 5.41) is 29.2. The van der Waals surface area contributed by atoms with Crippen molar-refractivity contribution >= 4 is 58.2 Å². The monoisotopic (exact) mass is 561 g/mol. The van der Waals surface area contributed by atoms with Gasteiger partial charge >= 0.3 is 10.4 Å². The summed E-state index contributed by atoms with van der Waals surface area (Å²) in [5.74, 6) is -1.48. The number of nitro benzene ring substituents is 1. The van der Waals surface area contributed by atoms with Gasteiger partial charge in [0.25, 0.3) is 15.8 Å². The molecule has 0 amide bonds. The van der Waals surface area contributed by atoms with Gasteiger partial charge in [0.05, 0.1) is 22.2 Å². The maximum atomic E-state index is 12.3. The molecular formula is C18H15N3O12S3. The van der Waals surface area contributed by atoms with Crippen LogP contribution in [-0.2, 0) is 34.5 Å². The second-order valence-corrected chi connectivity index (χ2v) is 11.5. The van der Waals surface area contributed by atoms with Gasteiger partial charge in [-0.1, -0.05) is 24.3 Å². The molecule has 18 heteroatoms. The van der Waals surface area contributed by atoms with E-state index >= 15 is 0 Å². The number of aromatic hydroxyl groups is 1. The van der Waals surface area contributed by atoms with E-state index in [0.717, 1.165) is 18.2 Å².